The highest BCUT2D eigenvalue weighted by Gasteiger charge is 2.37. The molecule has 0 aliphatic heterocycles. The number of aryl methyl sites for hydroxylation is 1. The Hall–Kier alpha value is -1.28. The Labute approximate surface area is 159 Å². The lowest BCUT2D eigenvalue weighted by Gasteiger charge is -2.43. The molecular formula is C24H36O2. The van der Waals surface area contributed by atoms with E-state index in [4.69, 9.17) is 5.11 Å². The number of hydrogen-bond acceptors (Lipinski definition) is 2. The second-order valence-corrected chi connectivity index (χ2v) is 9.22. The second-order valence-electron chi connectivity index (χ2n) is 9.22. The van der Waals surface area contributed by atoms with Crippen LogP contribution in [0.2, 0.25) is 0 Å². The first-order chi connectivity index (χ1) is 12.5. The number of aromatic hydroxyl groups is 1. The van der Waals surface area contributed by atoms with Crippen molar-refractivity contribution in [2.45, 2.75) is 71.6 Å². The molecule has 1 fully saturated rings. The molecule has 0 spiro atoms. The number of phenolic OH excluding ortho intramolecular Hbond substituents is 1. The predicted molar refractivity (Wildman–Crippen MR) is 108 cm³/mol. The summed E-state index contributed by atoms with van der Waals surface area (Å²) in [7, 11) is 0. The van der Waals surface area contributed by atoms with Crippen LogP contribution >= 0.6 is 0 Å². The number of aliphatic hydroxyl groups excluding tert-OH is 1. The summed E-state index contributed by atoms with van der Waals surface area (Å²) < 4.78 is 0. The highest BCUT2D eigenvalue weighted by atomic mass is 16.3. The van der Waals surface area contributed by atoms with Crippen molar-refractivity contribution in [1.29, 1.82) is 0 Å². The molecule has 144 valence electrons. The van der Waals surface area contributed by atoms with Crippen molar-refractivity contribution in [2.75, 3.05) is 6.61 Å². The van der Waals surface area contributed by atoms with E-state index in [1.54, 1.807) is 0 Å². The third kappa shape index (κ3) is 4.91. The third-order valence-electron chi connectivity index (χ3n) is 6.73. The maximum Gasteiger partial charge on any atom is 0.116 e. The smallest absolute Gasteiger partial charge is 0.116 e. The maximum absolute atomic E-state index is 10.1. The molecule has 1 saturated carbocycles. The Kier molecular flexibility index (Phi) is 6.45. The lowest BCUT2D eigenvalue weighted by atomic mass is 9.61. The van der Waals surface area contributed by atoms with Crippen molar-refractivity contribution in [3.63, 3.8) is 0 Å². The van der Waals surface area contributed by atoms with Gasteiger partial charge in [0.1, 0.15) is 5.75 Å². The van der Waals surface area contributed by atoms with Crippen molar-refractivity contribution < 1.29 is 10.2 Å². The molecule has 26 heavy (non-hydrogen) atoms. The standard InChI is InChI=1S/C24H36O2/c1-18-6-4-10-24(2,17-18)22-9-3-7-19(14-22)12-21-13-20(8-5-11-25)15-23(26)16-21/h4,10,13,15-16,18-19,22,25-26H,3,5-9,11-12,14,17H2,1-2H3/t18-,19+,22-,24+/m1/s1. The van der Waals surface area contributed by atoms with Crippen LogP contribution in [-0.2, 0) is 12.8 Å². The summed E-state index contributed by atoms with van der Waals surface area (Å²) in [6.07, 6.45) is 15.5. The van der Waals surface area contributed by atoms with E-state index in [9.17, 15) is 5.11 Å². The first-order valence-electron chi connectivity index (χ1n) is 10.6. The molecule has 0 amide bonds. The van der Waals surface area contributed by atoms with Gasteiger partial charge < -0.3 is 10.2 Å². The molecule has 0 bridgehead atoms. The summed E-state index contributed by atoms with van der Waals surface area (Å²) in [5, 5.41) is 19.1. The summed E-state index contributed by atoms with van der Waals surface area (Å²) in [5.41, 5.74) is 2.79. The Morgan fingerprint density at radius 3 is 2.73 bits per heavy atom. The van der Waals surface area contributed by atoms with E-state index in [2.05, 4.69) is 32.1 Å². The zero-order valence-corrected chi connectivity index (χ0v) is 16.6. The van der Waals surface area contributed by atoms with Crippen LogP contribution in [0.15, 0.2) is 30.4 Å². The Morgan fingerprint density at radius 2 is 1.96 bits per heavy atom. The van der Waals surface area contributed by atoms with Gasteiger partial charge in [-0.25, -0.2) is 0 Å². The lowest BCUT2D eigenvalue weighted by molar-refractivity contribution is 0.119. The Bertz CT molecular complexity index is 621. The molecule has 0 saturated heterocycles. The number of rotatable bonds is 6. The highest BCUT2D eigenvalue weighted by Crippen LogP contribution is 2.48. The molecule has 0 radical (unpaired) electrons. The van der Waals surface area contributed by atoms with Crippen molar-refractivity contribution in [3.8, 4) is 5.75 Å². The number of hydrogen-bond donors (Lipinski definition) is 2. The molecule has 1 aromatic carbocycles. The highest BCUT2D eigenvalue weighted by molar-refractivity contribution is 5.34. The fourth-order valence-electron chi connectivity index (χ4n) is 5.47. The van der Waals surface area contributed by atoms with Crippen molar-refractivity contribution >= 4 is 0 Å². The number of benzene rings is 1. The minimum absolute atomic E-state index is 0.208. The molecule has 2 nitrogen and oxygen atoms in total. The monoisotopic (exact) mass is 356 g/mol. The molecule has 4 atom stereocenters. The van der Waals surface area contributed by atoms with Crippen LogP contribution in [0.4, 0.5) is 0 Å². The van der Waals surface area contributed by atoms with Crippen LogP contribution in [0, 0.1) is 23.2 Å². The van der Waals surface area contributed by atoms with Crippen LogP contribution in [-0.4, -0.2) is 16.8 Å². The molecule has 2 heteroatoms. The van der Waals surface area contributed by atoms with Gasteiger partial charge in [-0.3, -0.25) is 0 Å². The third-order valence-corrected chi connectivity index (χ3v) is 6.73. The molecule has 2 N–H and O–H groups in total. The van der Waals surface area contributed by atoms with Gasteiger partial charge in [0.05, 0.1) is 0 Å². The second kappa shape index (κ2) is 8.61. The number of phenols is 1. The van der Waals surface area contributed by atoms with Gasteiger partial charge >= 0.3 is 0 Å². The van der Waals surface area contributed by atoms with E-state index in [0.29, 0.717) is 11.2 Å². The lowest BCUT2D eigenvalue weighted by Crippen LogP contribution is -2.33. The quantitative estimate of drug-likeness (QED) is 0.646. The van der Waals surface area contributed by atoms with Crippen LogP contribution < -0.4 is 0 Å². The SMILES string of the molecule is C[C@@H]1CC=C[C@](C)([C@@H]2CCC[C@@H](Cc3cc(O)cc(CCCO)c3)C2)C1. The van der Waals surface area contributed by atoms with Gasteiger partial charge in [-0.05, 0) is 91.4 Å². The van der Waals surface area contributed by atoms with E-state index in [1.165, 1.54) is 44.1 Å². The van der Waals surface area contributed by atoms with Crippen LogP contribution in [0.3, 0.4) is 0 Å². The van der Waals surface area contributed by atoms with Crippen LogP contribution in [0.1, 0.15) is 69.9 Å². The molecule has 2 aliphatic rings. The zero-order chi connectivity index (χ0) is 18.6. The largest absolute Gasteiger partial charge is 0.508 e. The maximum atomic E-state index is 10.1. The van der Waals surface area contributed by atoms with Crippen LogP contribution in [0.5, 0.6) is 5.75 Å². The fourth-order valence-corrected chi connectivity index (χ4v) is 5.47. The van der Waals surface area contributed by atoms with Gasteiger partial charge in [0.2, 0.25) is 0 Å². The predicted octanol–water partition coefficient (Wildman–Crippen LogP) is 5.66. The van der Waals surface area contributed by atoms with E-state index < -0.39 is 0 Å². The van der Waals surface area contributed by atoms with Gasteiger partial charge in [-0.1, -0.05) is 44.9 Å². The zero-order valence-electron chi connectivity index (χ0n) is 16.6. The molecule has 0 heterocycles. The van der Waals surface area contributed by atoms with Gasteiger partial charge in [0.25, 0.3) is 0 Å². The Morgan fingerprint density at radius 1 is 1.15 bits per heavy atom. The fraction of sp³-hybridized carbons (Fsp3) is 0.667. The molecule has 3 rings (SSSR count). The first-order valence-corrected chi connectivity index (χ1v) is 10.6. The average Bonchev–Trinajstić information content (AvgIpc) is 2.59. The summed E-state index contributed by atoms with van der Waals surface area (Å²) in [5.74, 6) is 2.71. The van der Waals surface area contributed by atoms with E-state index in [-0.39, 0.29) is 6.61 Å². The minimum atomic E-state index is 0.208. The molecule has 0 aromatic heterocycles. The number of allylic oxidation sites excluding steroid dienone is 2. The Balaban J connectivity index is 1.66. The minimum Gasteiger partial charge on any atom is -0.508 e. The molecule has 1 aromatic rings. The van der Waals surface area contributed by atoms with Gasteiger partial charge in [-0.15, -0.1) is 0 Å². The molecule has 0 unspecified atom stereocenters. The van der Waals surface area contributed by atoms with E-state index in [1.807, 2.05) is 12.1 Å². The van der Waals surface area contributed by atoms with E-state index >= 15 is 0 Å². The van der Waals surface area contributed by atoms with Crippen molar-refractivity contribution in [1.82, 2.24) is 0 Å². The molecule has 2 aliphatic carbocycles. The number of aliphatic hydroxyl groups is 1. The van der Waals surface area contributed by atoms with Gasteiger partial charge in [0, 0.05) is 6.61 Å². The van der Waals surface area contributed by atoms with Gasteiger partial charge in [0.15, 0.2) is 0 Å². The van der Waals surface area contributed by atoms with E-state index in [0.717, 1.165) is 42.6 Å². The summed E-state index contributed by atoms with van der Waals surface area (Å²) in [6.45, 7) is 5.08. The van der Waals surface area contributed by atoms with Gasteiger partial charge in [-0.2, -0.15) is 0 Å². The molecular weight excluding hydrogens is 320 g/mol. The summed E-state index contributed by atoms with van der Waals surface area (Å²) >= 11 is 0. The normalized spacial score (nSPS) is 31.9. The first kappa shape index (κ1) is 19.5. The summed E-state index contributed by atoms with van der Waals surface area (Å²) in [4.78, 5) is 0. The van der Waals surface area contributed by atoms with Crippen molar-refractivity contribution in [2.24, 2.45) is 23.2 Å². The summed E-state index contributed by atoms with van der Waals surface area (Å²) in [6, 6.07) is 6.03. The van der Waals surface area contributed by atoms with Crippen molar-refractivity contribution in [3.05, 3.63) is 41.5 Å². The van der Waals surface area contributed by atoms with Crippen LogP contribution in [0.25, 0.3) is 0 Å². The average molecular weight is 357 g/mol. The topological polar surface area (TPSA) is 40.5 Å².